The second kappa shape index (κ2) is 7.62. The molecule has 1 rings (SSSR count). The molecule has 0 saturated heterocycles. The van der Waals surface area contributed by atoms with Crippen LogP contribution in [0, 0.1) is 0 Å². The van der Waals surface area contributed by atoms with Gasteiger partial charge in [-0.25, -0.2) is 0 Å². The third-order valence-corrected chi connectivity index (χ3v) is 3.92. The van der Waals surface area contributed by atoms with Gasteiger partial charge in [-0.05, 0) is 38.7 Å². The minimum atomic E-state index is -0.211. The fourth-order valence-corrected chi connectivity index (χ4v) is 2.65. The molecule has 0 fully saturated rings. The van der Waals surface area contributed by atoms with Gasteiger partial charge < -0.3 is 4.74 Å². The van der Waals surface area contributed by atoms with Gasteiger partial charge >= 0.3 is 0 Å². The fourth-order valence-electron chi connectivity index (χ4n) is 2.65. The third kappa shape index (κ3) is 3.78. The summed E-state index contributed by atoms with van der Waals surface area (Å²) in [6.45, 7) is 10.0. The highest BCUT2D eigenvalue weighted by Crippen LogP contribution is 2.27. The molecule has 0 bridgehead atoms. The Morgan fingerprint density at radius 3 is 2.47 bits per heavy atom. The van der Waals surface area contributed by atoms with Crippen molar-refractivity contribution in [3.05, 3.63) is 18.0 Å². The van der Waals surface area contributed by atoms with Crippen LogP contribution in [0.3, 0.4) is 0 Å². The van der Waals surface area contributed by atoms with Gasteiger partial charge in [0.05, 0.1) is 17.8 Å². The van der Waals surface area contributed by atoms with E-state index in [9.17, 15) is 0 Å². The van der Waals surface area contributed by atoms with Crippen LogP contribution < -0.4 is 11.3 Å². The van der Waals surface area contributed by atoms with E-state index in [1.807, 2.05) is 17.8 Å². The van der Waals surface area contributed by atoms with Gasteiger partial charge in [-0.3, -0.25) is 16.0 Å². The first kappa shape index (κ1) is 16.1. The van der Waals surface area contributed by atoms with Crippen LogP contribution in [-0.2, 0) is 17.7 Å². The summed E-state index contributed by atoms with van der Waals surface area (Å²) >= 11 is 0. The van der Waals surface area contributed by atoms with E-state index in [-0.39, 0.29) is 11.6 Å². The minimum absolute atomic E-state index is 0.0944. The molecule has 5 heteroatoms. The van der Waals surface area contributed by atoms with Crippen LogP contribution in [0.15, 0.2) is 12.4 Å². The van der Waals surface area contributed by atoms with E-state index < -0.39 is 0 Å². The molecule has 0 spiro atoms. The second-order valence-electron chi connectivity index (χ2n) is 4.83. The van der Waals surface area contributed by atoms with Gasteiger partial charge in [0.15, 0.2) is 0 Å². The first-order valence-electron chi connectivity index (χ1n) is 7.27. The Kier molecular flexibility index (Phi) is 6.48. The Labute approximate surface area is 116 Å². The smallest absolute Gasteiger partial charge is 0.0846 e. The summed E-state index contributed by atoms with van der Waals surface area (Å²) in [5.74, 6) is 5.77. The van der Waals surface area contributed by atoms with E-state index in [1.54, 1.807) is 0 Å². The Hall–Kier alpha value is -0.910. The van der Waals surface area contributed by atoms with Crippen LogP contribution in [0.5, 0.6) is 0 Å². The van der Waals surface area contributed by atoms with Crippen LogP contribution in [0.25, 0.3) is 0 Å². The standard InChI is InChI=1S/C14H28N4O/c1-5-14(6-2,19-8-4)13(17-15)9-12-10-16-18(7-3)11-12/h10-11,13,17H,5-9,15H2,1-4H3. The molecule has 19 heavy (non-hydrogen) atoms. The average molecular weight is 268 g/mol. The Bertz CT molecular complexity index is 360. The molecule has 1 aromatic rings. The van der Waals surface area contributed by atoms with Crippen molar-refractivity contribution in [2.45, 2.75) is 65.1 Å². The number of nitrogens with two attached hydrogens (primary N) is 1. The lowest BCUT2D eigenvalue weighted by Gasteiger charge is -2.39. The molecule has 5 nitrogen and oxygen atoms in total. The predicted molar refractivity (Wildman–Crippen MR) is 77.7 cm³/mol. The zero-order valence-electron chi connectivity index (χ0n) is 12.6. The summed E-state index contributed by atoms with van der Waals surface area (Å²) in [4.78, 5) is 0. The van der Waals surface area contributed by atoms with Crippen molar-refractivity contribution >= 4 is 0 Å². The number of hydrogen-bond donors (Lipinski definition) is 2. The first-order valence-corrected chi connectivity index (χ1v) is 7.27. The summed E-state index contributed by atoms with van der Waals surface area (Å²) in [5.41, 5.74) is 3.92. The monoisotopic (exact) mass is 268 g/mol. The lowest BCUT2D eigenvalue weighted by molar-refractivity contribution is -0.0719. The number of hydrogen-bond acceptors (Lipinski definition) is 4. The van der Waals surface area contributed by atoms with E-state index in [0.717, 1.165) is 25.8 Å². The van der Waals surface area contributed by atoms with E-state index >= 15 is 0 Å². The van der Waals surface area contributed by atoms with Gasteiger partial charge in [-0.1, -0.05) is 13.8 Å². The number of aryl methyl sites for hydroxylation is 1. The molecule has 0 aromatic carbocycles. The molecule has 0 radical (unpaired) electrons. The number of nitrogens with one attached hydrogen (secondary N) is 1. The normalized spacial score (nSPS) is 13.7. The largest absolute Gasteiger partial charge is 0.374 e. The van der Waals surface area contributed by atoms with Crippen LogP contribution in [-0.4, -0.2) is 28.0 Å². The fraction of sp³-hybridized carbons (Fsp3) is 0.786. The molecular formula is C14H28N4O. The molecule has 0 aliphatic rings. The second-order valence-corrected chi connectivity index (χ2v) is 4.83. The molecule has 1 atom stereocenters. The molecule has 1 unspecified atom stereocenters. The highest BCUT2D eigenvalue weighted by atomic mass is 16.5. The lowest BCUT2D eigenvalue weighted by atomic mass is 9.85. The predicted octanol–water partition coefficient (Wildman–Crippen LogP) is 1.87. The summed E-state index contributed by atoms with van der Waals surface area (Å²) in [7, 11) is 0. The van der Waals surface area contributed by atoms with Gasteiger partial charge in [-0.2, -0.15) is 5.10 Å². The van der Waals surface area contributed by atoms with Gasteiger partial charge in [0.2, 0.25) is 0 Å². The Morgan fingerprint density at radius 2 is 2.05 bits per heavy atom. The molecule has 0 aliphatic carbocycles. The molecule has 0 aliphatic heterocycles. The van der Waals surface area contributed by atoms with E-state index in [4.69, 9.17) is 10.6 Å². The van der Waals surface area contributed by atoms with Crippen LogP contribution in [0.4, 0.5) is 0 Å². The Morgan fingerprint density at radius 1 is 1.37 bits per heavy atom. The van der Waals surface area contributed by atoms with Gasteiger partial charge in [0.25, 0.3) is 0 Å². The van der Waals surface area contributed by atoms with Crippen molar-refractivity contribution in [3.63, 3.8) is 0 Å². The number of ether oxygens (including phenoxy) is 1. The topological polar surface area (TPSA) is 65.1 Å². The van der Waals surface area contributed by atoms with Crippen molar-refractivity contribution in [2.24, 2.45) is 5.84 Å². The highest BCUT2D eigenvalue weighted by Gasteiger charge is 2.36. The minimum Gasteiger partial charge on any atom is -0.374 e. The van der Waals surface area contributed by atoms with Crippen LogP contribution >= 0.6 is 0 Å². The number of hydrazine groups is 1. The number of aromatic nitrogens is 2. The SMILES string of the molecule is CCOC(CC)(CC)C(Cc1cnn(CC)c1)NN. The molecule has 1 heterocycles. The quantitative estimate of drug-likeness (QED) is 0.530. The van der Waals surface area contributed by atoms with Crippen LogP contribution in [0.1, 0.15) is 46.1 Å². The molecular weight excluding hydrogens is 240 g/mol. The highest BCUT2D eigenvalue weighted by molar-refractivity contribution is 5.09. The van der Waals surface area contributed by atoms with E-state index in [0.29, 0.717) is 6.61 Å². The zero-order valence-corrected chi connectivity index (χ0v) is 12.6. The average Bonchev–Trinajstić information content (AvgIpc) is 2.90. The van der Waals surface area contributed by atoms with Crippen molar-refractivity contribution in [2.75, 3.05) is 6.61 Å². The summed E-state index contributed by atoms with van der Waals surface area (Å²) in [5, 5.41) is 4.31. The first-order chi connectivity index (χ1) is 9.15. The molecule has 1 aromatic heterocycles. The van der Waals surface area contributed by atoms with Crippen molar-refractivity contribution in [3.8, 4) is 0 Å². The van der Waals surface area contributed by atoms with Crippen molar-refractivity contribution in [1.82, 2.24) is 15.2 Å². The van der Waals surface area contributed by atoms with E-state index in [2.05, 4.69) is 37.5 Å². The maximum atomic E-state index is 6.02. The molecule has 0 amide bonds. The number of nitrogens with zero attached hydrogens (tertiary/aromatic N) is 2. The molecule has 3 N–H and O–H groups in total. The van der Waals surface area contributed by atoms with Gasteiger partial charge in [0, 0.05) is 19.3 Å². The van der Waals surface area contributed by atoms with E-state index in [1.165, 1.54) is 5.56 Å². The van der Waals surface area contributed by atoms with Crippen molar-refractivity contribution < 1.29 is 4.74 Å². The Balaban J connectivity index is 2.84. The number of rotatable bonds is 9. The van der Waals surface area contributed by atoms with Gasteiger partial charge in [0.1, 0.15) is 0 Å². The van der Waals surface area contributed by atoms with Crippen molar-refractivity contribution in [1.29, 1.82) is 0 Å². The summed E-state index contributed by atoms with van der Waals surface area (Å²) < 4.78 is 7.95. The molecule has 110 valence electrons. The maximum Gasteiger partial charge on any atom is 0.0846 e. The molecule has 0 saturated carbocycles. The third-order valence-electron chi connectivity index (χ3n) is 3.92. The summed E-state index contributed by atoms with van der Waals surface area (Å²) in [6, 6.07) is 0.0944. The zero-order chi connectivity index (χ0) is 14.3. The van der Waals surface area contributed by atoms with Gasteiger partial charge in [-0.15, -0.1) is 0 Å². The lowest BCUT2D eigenvalue weighted by Crippen LogP contribution is -2.55. The summed E-state index contributed by atoms with van der Waals surface area (Å²) in [6.07, 6.45) is 6.70. The van der Waals surface area contributed by atoms with Crippen LogP contribution in [0.2, 0.25) is 0 Å². The maximum absolute atomic E-state index is 6.02.